The summed E-state index contributed by atoms with van der Waals surface area (Å²) < 4.78 is 0. The summed E-state index contributed by atoms with van der Waals surface area (Å²) in [5.74, 6) is 0.697. The summed E-state index contributed by atoms with van der Waals surface area (Å²) in [6, 6.07) is 4.21. The van der Waals surface area contributed by atoms with Gasteiger partial charge in [0.15, 0.2) is 0 Å². The van der Waals surface area contributed by atoms with Gasteiger partial charge in [0.2, 0.25) is 5.91 Å². The number of likely N-dealkylation sites (N-methyl/N-ethyl adjacent to an activating group) is 1. The largest absolute Gasteiger partial charge is 0.345 e. The number of hydrogen-bond acceptors (Lipinski definition) is 3. The van der Waals surface area contributed by atoms with Crippen molar-refractivity contribution in [2.45, 2.75) is 26.7 Å². The van der Waals surface area contributed by atoms with E-state index in [4.69, 9.17) is 0 Å². The summed E-state index contributed by atoms with van der Waals surface area (Å²) in [7, 11) is 1.94. The van der Waals surface area contributed by atoms with Crippen molar-refractivity contribution < 1.29 is 4.79 Å². The number of nitrogens with one attached hydrogen (secondary N) is 1. The molecular weight excluding hydrogens is 256 g/mol. The quantitative estimate of drug-likeness (QED) is 0.898. The van der Waals surface area contributed by atoms with E-state index < -0.39 is 0 Å². The van der Waals surface area contributed by atoms with Gasteiger partial charge in [-0.1, -0.05) is 19.9 Å². The van der Waals surface area contributed by atoms with Gasteiger partial charge in [0.25, 0.3) is 0 Å². The van der Waals surface area contributed by atoms with Crippen LogP contribution < -0.4 is 5.32 Å². The van der Waals surface area contributed by atoms with Gasteiger partial charge in [-0.3, -0.25) is 4.79 Å². The molecule has 0 aromatic carbocycles. The molecule has 106 valence electrons. The van der Waals surface area contributed by atoms with Gasteiger partial charge in [0.05, 0.1) is 5.41 Å². The Morgan fingerprint density at radius 2 is 2.37 bits per heavy atom. The molecule has 1 aliphatic heterocycles. The third-order valence-corrected chi connectivity index (χ3v) is 5.28. The molecule has 1 aromatic heterocycles. The number of nitrogens with zero attached hydrogens (tertiary/aromatic N) is 1. The van der Waals surface area contributed by atoms with Crippen LogP contribution in [0.1, 0.15) is 25.1 Å². The Balaban J connectivity index is 1.97. The molecule has 0 bridgehead atoms. The monoisotopic (exact) mass is 280 g/mol. The van der Waals surface area contributed by atoms with E-state index in [0.29, 0.717) is 11.8 Å². The minimum absolute atomic E-state index is 0.190. The van der Waals surface area contributed by atoms with Crippen molar-refractivity contribution in [3.63, 3.8) is 0 Å². The highest BCUT2D eigenvalue weighted by molar-refractivity contribution is 7.09. The van der Waals surface area contributed by atoms with E-state index in [0.717, 1.165) is 32.5 Å². The summed E-state index contributed by atoms with van der Waals surface area (Å²) in [4.78, 5) is 16.0. The first-order valence-corrected chi connectivity index (χ1v) is 7.93. The van der Waals surface area contributed by atoms with Gasteiger partial charge in [-0.15, -0.1) is 11.3 Å². The molecular formula is C15H24N2OS. The second-order valence-electron chi connectivity index (χ2n) is 5.79. The van der Waals surface area contributed by atoms with Crippen LogP contribution in [0.15, 0.2) is 17.5 Å². The fourth-order valence-corrected chi connectivity index (χ4v) is 3.55. The second kappa shape index (κ2) is 6.06. The maximum absolute atomic E-state index is 12.8. The lowest BCUT2D eigenvalue weighted by Crippen LogP contribution is -2.47. The topological polar surface area (TPSA) is 32.3 Å². The highest BCUT2D eigenvalue weighted by atomic mass is 32.1. The Labute approximate surface area is 120 Å². The maximum atomic E-state index is 12.8. The lowest BCUT2D eigenvalue weighted by molar-refractivity contribution is -0.142. The number of carbonyl (C=O) groups excluding carboxylic acids is 1. The van der Waals surface area contributed by atoms with Crippen LogP contribution in [0, 0.1) is 11.3 Å². The van der Waals surface area contributed by atoms with Crippen LogP contribution in [0.2, 0.25) is 0 Å². The van der Waals surface area contributed by atoms with Crippen LogP contribution in [-0.4, -0.2) is 37.5 Å². The number of amides is 1. The second-order valence-corrected chi connectivity index (χ2v) is 6.83. The summed E-state index contributed by atoms with van der Waals surface area (Å²) in [6.07, 6.45) is 1.92. The van der Waals surface area contributed by atoms with Crippen LogP contribution in [0.3, 0.4) is 0 Å². The van der Waals surface area contributed by atoms with Crippen molar-refractivity contribution in [1.29, 1.82) is 0 Å². The van der Waals surface area contributed by atoms with Crippen molar-refractivity contribution in [1.82, 2.24) is 10.2 Å². The number of carbonyl (C=O) groups is 1. The van der Waals surface area contributed by atoms with Gasteiger partial charge in [-0.25, -0.2) is 0 Å². The number of rotatable bonds is 5. The average Bonchev–Trinajstić information content (AvgIpc) is 3.06. The maximum Gasteiger partial charge on any atom is 0.230 e. The molecule has 1 fully saturated rings. The van der Waals surface area contributed by atoms with E-state index in [1.165, 1.54) is 4.88 Å². The van der Waals surface area contributed by atoms with Gasteiger partial charge in [0, 0.05) is 25.0 Å². The first kappa shape index (κ1) is 14.5. The van der Waals surface area contributed by atoms with E-state index in [-0.39, 0.29) is 5.41 Å². The van der Waals surface area contributed by atoms with E-state index in [9.17, 15) is 4.79 Å². The zero-order valence-corrected chi connectivity index (χ0v) is 12.9. The molecule has 2 rings (SSSR count). The normalized spacial score (nSPS) is 22.9. The van der Waals surface area contributed by atoms with Gasteiger partial charge >= 0.3 is 0 Å². The van der Waals surface area contributed by atoms with Crippen LogP contribution in [0.4, 0.5) is 0 Å². The Morgan fingerprint density at radius 1 is 1.58 bits per heavy atom. The van der Waals surface area contributed by atoms with Crippen molar-refractivity contribution in [3.8, 4) is 0 Å². The van der Waals surface area contributed by atoms with E-state index in [1.807, 2.05) is 11.9 Å². The molecule has 0 saturated carbocycles. The molecule has 1 N–H and O–H groups in total. The van der Waals surface area contributed by atoms with Crippen LogP contribution >= 0.6 is 11.3 Å². The predicted octanol–water partition coefficient (Wildman–Crippen LogP) is 2.38. The molecule has 1 unspecified atom stereocenters. The molecule has 0 radical (unpaired) electrons. The highest BCUT2D eigenvalue weighted by Crippen LogP contribution is 2.35. The Morgan fingerprint density at radius 3 is 2.89 bits per heavy atom. The fourth-order valence-electron chi connectivity index (χ4n) is 2.85. The first-order chi connectivity index (χ1) is 9.06. The zero-order valence-electron chi connectivity index (χ0n) is 12.1. The van der Waals surface area contributed by atoms with E-state index in [1.54, 1.807) is 11.3 Å². The molecule has 1 atom stereocenters. The summed E-state index contributed by atoms with van der Waals surface area (Å²) in [5.41, 5.74) is -0.190. The molecule has 19 heavy (non-hydrogen) atoms. The van der Waals surface area contributed by atoms with Gasteiger partial charge in [0.1, 0.15) is 0 Å². The summed E-state index contributed by atoms with van der Waals surface area (Å²) in [5, 5.41) is 5.45. The van der Waals surface area contributed by atoms with Gasteiger partial charge in [-0.2, -0.15) is 0 Å². The van der Waals surface area contributed by atoms with Gasteiger partial charge in [-0.05, 0) is 36.8 Å². The highest BCUT2D eigenvalue weighted by Gasteiger charge is 2.45. The first-order valence-electron chi connectivity index (χ1n) is 7.05. The van der Waals surface area contributed by atoms with Gasteiger partial charge < -0.3 is 10.2 Å². The third kappa shape index (κ3) is 3.00. The molecule has 1 aliphatic rings. The minimum atomic E-state index is -0.190. The number of hydrogen-bond donors (Lipinski definition) is 1. The molecule has 0 spiro atoms. The smallest absolute Gasteiger partial charge is 0.230 e. The van der Waals surface area contributed by atoms with Crippen molar-refractivity contribution in [3.05, 3.63) is 22.4 Å². The number of thiophene rings is 1. The molecule has 1 saturated heterocycles. The molecule has 0 aliphatic carbocycles. The minimum Gasteiger partial charge on any atom is -0.345 e. The summed E-state index contributed by atoms with van der Waals surface area (Å²) in [6.45, 7) is 6.93. The Kier molecular flexibility index (Phi) is 4.63. The molecule has 2 heterocycles. The third-order valence-electron chi connectivity index (χ3n) is 4.34. The molecule has 3 nitrogen and oxygen atoms in total. The molecule has 1 aromatic rings. The average molecular weight is 280 g/mol. The molecule has 4 heteroatoms. The van der Waals surface area contributed by atoms with Crippen molar-refractivity contribution >= 4 is 17.2 Å². The van der Waals surface area contributed by atoms with Crippen LogP contribution in [-0.2, 0) is 11.2 Å². The van der Waals surface area contributed by atoms with Crippen molar-refractivity contribution in [2.24, 2.45) is 11.3 Å². The SMILES string of the molecule is CC(C)C1(C(=O)N(C)CCc2cccs2)CCNC1. The molecule has 1 amide bonds. The standard InChI is InChI=1S/C15H24N2OS/c1-12(2)15(7-8-16-11-15)14(18)17(3)9-6-13-5-4-10-19-13/h4-5,10,12,16H,6-9,11H2,1-3H3. The van der Waals surface area contributed by atoms with Crippen LogP contribution in [0.5, 0.6) is 0 Å². The fraction of sp³-hybridized carbons (Fsp3) is 0.667. The lowest BCUT2D eigenvalue weighted by atomic mass is 9.75. The van der Waals surface area contributed by atoms with E-state index in [2.05, 4.69) is 36.7 Å². The zero-order chi connectivity index (χ0) is 13.9. The van der Waals surface area contributed by atoms with Crippen LogP contribution in [0.25, 0.3) is 0 Å². The predicted molar refractivity (Wildman–Crippen MR) is 80.4 cm³/mol. The lowest BCUT2D eigenvalue weighted by Gasteiger charge is -2.35. The Bertz CT molecular complexity index is 408. The summed E-state index contributed by atoms with van der Waals surface area (Å²) >= 11 is 1.76. The van der Waals surface area contributed by atoms with E-state index >= 15 is 0 Å². The van der Waals surface area contributed by atoms with Crippen molar-refractivity contribution in [2.75, 3.05) is 26.7 Å². The Hall–Kier alpha value is -0.870.